The Labute approximate surface area is 136 Å². The zero-order valence-electron chi connectivity index (χ0n) is 13.2. The second-order valence-corrected chi connectivity index (χ2v) is 6.59. The van der Waals surface area contributed by atoms with Crippen LogP contribution in [0.15, 0.2) is 34.2 Å². The Kier molecular flexibility index (Phi) is 6.98. The number of nitrogens with zero attached hydrogens (tertiary/aromatic N) is 1. The Hall–Kier alpha value is -2.13. The first kappa shape index (κ1) is 18.9. The summed E-state index contributed by atoms with van der Waals surface area (Å²) >= 11 is 0. The Morgan fingerprint density at radius 3 is 2.57 bits per heavy atom. The van der Waals surface area contributed by atoms with Crippen LogP contribution in [0.25, 0.3) is 0 Å². The molecule has 0 aliphatic carbocycles. The van der Waals surface area contributed by atoms with Crippen LogP contribution in [-0.4, -0.2) is 40.0 Å². The first-order chi connectivity index (χ1) is 10.8. The van der Waals surface area contributed by atoms with Gasteiger partial charge in [-0.2, -0.15) is 4.72 Å². The van der Waals surface area contributed by atoms with Crippen LogP contribution in [-0.2, 0) is 19.6 Å². The number of guanidine groups is 1. The van der Waals surface area contributed by atoms with Gasteiger partial charge in [0.1, 0.15) is 6.04 Å². The predicted molar refractivity (Wildman–Crippen MR) is 87.2 cm³/mol. The lowest BCUT2D eigenvalue weighted by molar-refractivity contribution is -0.142. The molecule has 8 nitrogen and oxygen atoms in total. The Morgan fingerprint density at radius 1 is 1.35 bits per heavy atom. The summed E-state index contributed by atoms with van der Waals surface area (Å²) in [5.74, 6) is -0.716. The molecule has 0 amide bonds. The van der Waals surface area contributed by atoms with Crippen LogP contribution in [0.5, 0.6) is 0 Å². The Balaban J connectivity index is 2.86. The predicted octanol–water partition coefficient (Wildman–Crippen LogP) is -0.131. The van der Waals surface area contributed by atoms with E-state index in [0.717, 1.165) is 0 Å². The van der Waals surface area contributed by atoms with Gasteiger partial charge in [-0.1, -0.05) is 18.2 Å². The molecule has 128 valence electrons. The molecule has 0 bridgehead atoms. The number of methoxy groups -OCH3 is 1. The second kappa shape index (κ2) is 8.49. The lowest BCUT2D eigenvalue weighted by Crippen LogP contribution is -2.41. The second-order valence-electron chi connectivity index (χ2n) is 4.91. The van der Waals surface area contributed by atoms with Gasteiger partial charge in [0.15, 0.2) is 5.96 Å². The van der Waals surface area contributed by atoms with E-state index in [4.69, 9.17) is 11.5 Å². The smallest absolute Gasteiger partial charge is 0.323 e. The first-order valence-corrected chi connectivity index (χ1v) is 8.47. The number of carbonyl (C=O) groups is 1. The number of hydrogen-bond acceptors (Lipinski definition) is 5. The summed E-state index contributed by atoms with van der Waals surface area (Å²) < 4.78 is 31.9. The molecule has 1 aromatic rings. The van der Waals surface area contributed by atoms with Gasteiger partial charge in [0.2, 0.25) is 10.0 Å². The lowest BCUT2D eigenvalue weighted by atomic mass is 10.2. The van der Waals surface area contributed by atoms with Crippen molar-refractivity contribution >= 4 is 22.0 Å². The van der Waals surface area contributed by atoms with Crippen LogP contribution in [0.3, 0.4) is 0 Å². The molecule has 23 heavy (non-hydrogen) atoms. The zero-order valence-corrected chi connectivity index (χ0v) is 14.0. The quantitative estimate of drug-likeness (QED) is 0.260. The van der Waals surface area contributed by atoms with Crippen LogP contribution in [0.2, 0.25) is 0 Å². The molecule has 5 N–H and O–H groups in total. The summed E-state index contributed by atoms with van der Waals surface area (Å²) in [6.07, 6.45) is 0.641. The molecule has 0 radical (unpaired) electrons. The van der Waals surface area contributed by atoms with Crippen molar-refractivity contribution in [3.63, 3.8) is 0 Å². The van der Waals surface area contributed by atoms with Crippen molar-refractivity contribution in [3.05, 3.63) is 29.8 Å². The molecular weight excluding hydrogens is 320 g/mol. The first-order valence-electron chi connectivity index (χ1n) is 6.99. The molecule has 0 fully saturated rings. The third-order valence-electron chi connectivity index (χ3n) is 3.11. The number of benzene rings is 1. The fourth-order valence-electron chi connectivity index (χ4n) is 1.98. The number of aryl methyl sites for hydroxylation is 1. The van der Waals surface area contributed by atoms with Gasteiger partial charge in [0.05, 0.1) is 12.0 Å². The van der Waals surface area contributed by atoms with Crippen LogP contribution in [0.1, 0.15) is 18.4 Å². The highest BCUT2D eigenvalue weighted by molar-refractivity contribution is 7.89. The minimum Gasteiger partial charge on any atom is -0.468 e. The number of hydrogen-bond donors (Lipinski definition) is 3. The molecule has 1 atom stereocenters. The van der Waals surface area contributed by atoms with E-state index >= 15 is 0 Å². The van der Waals surface area contributed by atoms with Crippen LogP contribution < -0.4 is 16.2 Å². The van der Waals surface area contributed by atoms with E-state index in [-0.39, 0.29) is 17.3 Å². The average Bonchev–Trinajstić information content (AvgIpc) is 2.49. The highest BCUT2D eigenvalue weighted by Gasteiger charge is 2.26. The van der Waals surface area contributed by atoms with Crippen LogP contribution in [0, 0.1) is 6.92 Å². The minimum absolute atomic E-state index is 0.0555. The van der Waals surface area contributed by atoms with Crippen molar-refractivity contribution < 1.29 is 17.9 Å². The molecule has 0 aromatic heterocycles. The number of sulfonamides is 1. The van der Waals surface area contributed by atoms with Crippen molar-refractivity contribution in [2.24, 2.45) is 16.5 Å². The van der Waals surface area contributed by atoms with E-state index in [2.05, 4.69) is 14.5 Å². The summed E-state index contributed by atoms with van der Waals surface area (Å²) in [6.45, 7) is 1.97. The molecule has 0 aliphatic rings. The average molecular weight is 342 g/mol. The summed E-state index contributed by atoms with van der Waals surface area (Å²) in [6, 6.07) is 5.51. The molecule has 0 saturated heterocycles. The van der Waals surface area contributed by atoms with E-state index in [1.165, 1.54) is 13.2 Å². The lowest BCUT2D eigenvalue weighted by Gasteiger charge is -2.17. The van der Waals surface area contributed by atoms with E-state index in [0.29, 0.717) is 18.5 Å². The SMILES string of the molecule is COC(=O)C(CCCN=C(N)N)NS(=O)(=O)c1ccccc1C. The molecular formula is C14H22N4O4S. The highest BCUT2D eigenvalue weighted by atomic mass is 32.2. The zero-order chi connectivity index (χ0) is 17.5. The largest absolute Gasteiger partial charge is 0.468 e. The normalized spacial score (nSPS) is 12.4. The maximum atomic E-state index is 12.4. The number of nitrogens with two attached hydrogens (primary N) is 2. The fraction of sp³-hybridized carbons (Fsp3) is 0.429. The van der Waals surface area contributed by atoms with Crippen molar-refractivity contribution in [3.8, 4) is 0 Å². The third kappa shape index (κ3) is 5.87. The highest BCUT2D eigenvalue weighted by Crippen LogP contribution is 2.15. The van der Waals surface area contributed by atoms with Gasteiger partial charge in [0, 0.05) is 6.54 Å². The number of esters is 1. The maximum absolute atomic E-state index is 12.4. The molecule has 1 rings (SSSR count). The molecule has 1 aromatic carbocycles. The number of carbonyl (C=O) groups excluding carboxylic acids is 1. The van der Waals surface area contributed by atoms with E-state index in [9.17, 15) is 13.2 Å². The van der Waals surface area contributed by atoms with Gasteiger partial charge in [0.25, 0.3) is 0 Å². The molecule has 1 unspecified atom stereocenters. The van der Waals surface area contributed by atoms with Crippen LogP contribution in [0.4, 0.5) is 0 Å². The van der Waals surface area contributed by atoms with Crippen molar-refractivity contribution in [1.82, 2.24) is 4.72 Å². The van der Waals surface area contributed by atoms with Crippen molar-refractivity contribution in [2.75, 3.05) is 13.7 Å². The van der Waals surface area contributed by atoms with Crippen molar-refractivity contribution in [1.29, 1.82) is 0 Å². The molecule has 0 heterocycles. The number of ether oxygens (including phenoxy) is 1. The summed E-state index contributed by atoms with van der Waals surface area (Å²) in [4.78, 5) is 15.7. The maximum Gasteiger partial charge on any atom is 0.323 e. The summed E-state index contributed by atoms with van der Waals surface area (Å²) in [5.41, 5.74) is 11.0. The van der Waals surface area contributed by atoms with Crippen molar-refractivity contribution in [2.45, 2.75) is 30.7 Å². The van der Waals surface area contributed by atoms with E-state index in [1.807, 2.05) is 0 Å². The molecule has 9 heteroatoms. The van der Waals surface area contributed by atoms with Crippen LogP contribution >= 0.6 is 0 Å². The topological polar surface area (TPSA) is 137 Å². The summed E-state index contributed by atoms with van der Waals surface area (Å²) in [5, 5.41) is 0. The fourth-order valence-corrected chi connectivity index (χ4v) is 3.44. The number of nitrogens with one attached hydrogen (secondary N) is 1. The molecule has 0 saturated carbocycles. The van der Waals surface area contributed by atoms with Gasteiger partial charge in [-0.05, 0) is 31.4 Å². The molecule has 0 aliphatic heterocycles. The van der Waals surface area contributed by atoms with Gasteiger partial charge >= 0.3 is 5.97 Å². The third-order valence-corrected chi connectivity index (χ3v) is 4.74. The van der Waals surface area contributed by atoms with E-state index < -0.39 is 22.0 Å². The monoisotopic (exact) mass is 342 g/mol. The summed E-state index contributed by atoms with van der Waals surface area (Å²) in [7, 11) is -2.63. The van der Waals surface area contributed by atoms with E-state index in [1.54, 1.807) is 25.1 Å². The number of rotatable bonds is 8. The molecule has 0 spiro atoms. The van der Waals surface area contributed by atoms with Gasteiger partial charge in [-0.25, -0.2) is 8.42 Å². The number of aliphatic imine (C=N–C) groups is 1. The Bertz CT molecular complexity index is 669. The van der Waals surface area contributed by atoms with Gasteiger partial charge < -0.3 is 16.2 Å². The van der Waals surface area contributed by atoms with Gasteiger partial charge in [-0.15, -0.1) is 0 Å². The van der Waals surface area contributed by atoms with Gasteiger partial charge in [-0.3, -0.25) is 9.79 Å². The Morgan fingerprint density at radius 2 is 2.00 bits per heavy atom. The minimum atomic E-state index is -3.83. The standard InChI is InChI=1S/C14H22N4O4S/c1-10-6-3-4-8-12(10)23(20,21)18-11(13(19)22-2)7-5-9-17-14(15)16/h3-4,6,8,11,18H,5,7,9H2,1-2H3,(H4,15,16,17).